The lowest BCUT2D eigenvalue weighted by Gasteiger charge is -2.34. The second-order valence-electron chi connectivity index (χ2n) is 9.87. The molecule has 0 saturated carbocycles. The minimum atomic E-state index is -0.722. The normalized spacial score (nSPS) is 12.2. The van der Waals surface area contributed by atoms with Crippen molar-refractivity contribution < 1.29 is 9.59 Å². The molecule has 3 aromatic carbocycles. The predicted molar refractivity (Wildman–Crippen MR) is 144 cm³/mol. The number of rotatable bonds is 8. The molecular weight excluding hydrogens is 479 g/mol. The molecule has 0 bridgehead atoms. The Morgan fingerprint density at radius 3 is 2.23 bits per heavy atom. The van der Waals surface area contributed by atoms with Gasteiger partial charge in [0.25, 0.3) is 0 Å². The third-order valence-corrected chi connectivity index (χ3v) is 6.15. The number of aryl methyl sites for hydroxylation is 1. The van der Waals surface area contributed by atoms with Crippen LogP contribution >= 0.6 is 23.2 Å². The van der Waals surface area contributed by atoms with Crippen LogP contribution in [0.15, 0.2) is 72.8 Å². The molecule has 0 aliphatic heterocycles. The fraction of sp³-hybridized carbons (Fsp3) is 0.310. The zero-order valence-corrected chi connectivity index (χ0v) is 22.2. The quantitative estimate of drug-likeness (QED) is 0.381. The van der Waals surface area contributed by atoms with Crippen LogP contribution in [0.5, 0.6) is 0 Å². The highest BCUT2D eigenvalue weighted by atomic mass is 35.5. The summed E-state index contributed by atoms with van der Waals surface area (Å²) in [5.74, 6) is -0.351. The van der Waals surface area contributed by atoms with Crippen molar-refractivity contribution in [2.45, 2.75) is 58.7 Å². The molecule has 0 aliphatic carbocycles. The van der Waals surface area contributed by atoms with Crippen molar-refractivity contribution in [2.24, 2.45) is 0 Å². The Balaban J connectivity index is 2.02. The summed E-state index contributed by atoms with van der Waals surface area (Å²) < 4.78 is 0. The molecule has 2 amide bonds. The van der Waals surface area contributed by atoms with E-state index in [1.165, 1.54) is 0 Å². The fourth-order valence-corrected chi connectivity index (χ4v) is 4.41. The molecule has 3 rings (SSSR count). The average Bonchev–Trinajstić information content (AvgIpc) is 2.77. The van der Waals surface area contributed by atoms with Gasteiger partial charge in [0.1, 0.15) is 6.04 Å². The highest BCUT2D eigenvalue weighted by Gasteiger charge is 2.32. The van der Waals surface area contributed by atoms with Crippen LogP contribution in [0.2, 0.25) is 10.0 Å². The topological polar surface area (TPSA) is 49.4 Å². The van der Waals surface area contributed by atoms with E-state index in [4.69, 9.17) is 23.2 Å². The Morgan fingerprint density at radius 2 is 1.60 bits per heavy atom. The van der Waals surface area contributed by atoms with Gasteiger partial charge < -0.3 is 10.2 Å². The number of carbonyl (C=O) groups is 2. The lowest BCUT2D eigenvalue weighted by molar-refractivity contribution is -0.141. The van der Waals surface area contributed by atoms with Gasteiger partial charge in [-0.05, 0) is 56.5 Å². The molecule has 0 unspecified atom stereocenters. The lowest BCUT2D eigenvalue weighted by atomic mass is 9.99. The molecule has 0 aliphatic rings. The molecule has 0 saturated heterocycles. The molecule has 0 aromatic heterocycles. The number of benzene rings is 3. The Labute approximate surface area is 218 Å². The Hall–Kier alpha value is -2.82. The standard InChI is InChI=1S/C29H32Cl2N2O2/c1-20-9-8-12-22(15-20)17-27(34)33(19-23-13-14-24(30)18-25(23)31)26(28(35)32-29(2,3)4)16-21-10-6-5-7-11-21/h5-15,18,26H,16-17,19H2,1-4H3,(H,32,35)/t26-/m1/s1. The summed E-state index contributed by atoms with van der Waals surface area (Å²) in [7, 11) is 0. The van der Waals surface area contributed by atoms with Gasteiger partial charge in [-0.2, -0.15) is 0 Å². The number of hydrogen-bond acceptors (Lipinski definition) is 2. The summed E-state index contributed by atoms with van der Waals surface area (Å²) in [6.07, 6.45) is 0.564. The van der Waals surface area contributed by atoms with E-state index in [1.54, 1.807) is 23.1 Å². The van der Waals surface area contributed by atoms with Gasteiger partial charge in [-0.3, -0.25) is 9.59 Å². The molecule has 4 nitrogen and oxygen atoms in total. The molecule has 1 N–H and O–H groups in total. The van der Waals surface area contributed by atoms with Crippen molar-refractivity contribution in [3.05, 3.63) is 105 Å². The van der Waals surface area contributed by atoms with Gasteiger partial charge in [0.15, 0.2) is 0 Å². The molecule has 35 heavy (non-hydrogen) atoms. The van der Waals surface area contributed by atoms with Gasteiger partial charge in [-0.15, -0.1) is 0 Å². The summed E-state index contributed by atoms with van der Waals surface area (Å²) in [6.45, 7) is 7.97. The van der Waals surface area contributed by atoms with Crippen molar-refractivity contribution in [3.63, 3.8) is 0 Å². The lowest BCUT2D eigenvalue weighted by Crippen LogP contribution is -2.54. The van der Waals surface area contributed by atoms with E-state index in [0.29, 0.717) is 16.5 Å². The highest BCUT2D eigenvalue weighted by molar-refractivity contribution is 6.35. The zero-order valence-electron chi connectivity index (χ0n) is 20.6. The van der Waals surface area contributed by atoms with Crippen LogP contribution in [0.3, 0.4) is 0 Å². The van der Waals surface area contributed by atoms with E-state index in [1.807, 2.05) is 82.3 Å². The molecular formula is C29H32Cl2N2O2. The summed E-state index contributed by atoms with van der Waals surface area (Å²) in [6, 6.07) is 22.1. The number of nitrogens with zero attached hydrogens (tertiary/aromatic N) is 1. The van der Waals surface area contributed by atoms with Gasteiger partial charge in [0.2, 0.25) is 11.8 Å². The third-order valence-electron chi connectivity index (χ3n) is 5.56. The number of hydrogen-bond donors (Lipinski definition) is 1. The van der Waals surface area contributed by atoms with Crippen molar-refractivity contribution in [3.8, 4) is 0 Å². The monoisotopic (exact) mass is 510 g/mol. The molecule has 184 valence electrons. The predicted octanol–water partition coefficient (Wildman–Crippen LogP) is 6.40. The second-order valence-corrected chi connectivity index (χ2v) is 10.7. The first-order chi connectivity index (χ1) is 16.5. The van der Waals surface area contributed by atoms with E-state index in [9.17, 15) is 9.59 Å². The summed E-state index contributed by atoms with van der Waals surface area (Å²) >= 11 is 12.6. The smallest absolute Gasteiger partial charge is 0.243 e. The highest BCUT2D eigenvalue weighted by Crippen LogP contribution is 2.25. The SMILES string of the molecule is Cc1cccc(CC(=O)N(Cc2ccc(Cl)cc2Cl)[C@H](Cc2ccccc2)C(=O)NC(C)(C)C)c1. The molecule has 6 heteroatoms. The maximum absolute atomic E-state index is 13.8. The largest absolute Gasteiger partial charge is 0.350 e. The Bertz CT molecular complexity index is 1170. The van der Waals surface area contributed by atoms with Crippen LogP contribution in [0, 0.1) is 6.92 Å². The van der Waals surface area contributed by atoms with Crippen LogP contribution in [-0.4, -0.2) is 28.3 Å². The fourth-order valence-electron chi connectivity index (χ4n) is 3.94. The van der Waals surface area contributed by atoms with E-state index in [-0.39, 0.29) is 24.8 Å². The number of carbonyl (C=O) groups excluding carboxylic acids is 2. The first kappa shape index (κ1) is 26.8. The van der Waals surface area contributed by atoms with Gasteiger partial charge in [0, 0.05) is 28.5 Å². The molecule has 3 aromatic rings. The van der Waals surface area contributed by atoms with Crippen molar-refractivity contribution >= 4 is 35.0 Å². The first-order valence-corrected chi connectivity index (χ1v) is 12.4. The molecule has 0 spiro atoms. The molecule has 0 heterocycles. The van der Waals surface area contributed by atoms with Crippen LogP contribution in [0.25, 0.3) is 0 Å². The maximum Gasteiger partial charge on any atom is 0.243 e. The maximum atomic E-state index is 13.8. The third kappa shape index (κ3) is 8.12. The average molecular weight is 511 g/mol. The van der Waals surface area contributed by atoms with E-state index >= 15 is 0 Å². The molecule has 0 radical (unpaired) electrons. The summed E-state index contributed by atoms with van der Waals surface area (Å²) in [5, 5.41) is 4.05. The van der Waals surface area contributed by atoms with Gasteiger partial charge in [0.05, 0.1) is 6.42 Å². The van der Waals surface area contributed by atoms with Crippen molar-refractivity contribution in [1.82, 2.24) is 10.2 Å². The number of amides is 2. The van der Waals surface area contributed by atoms with Crippen LogP contribution < -0.4 is 5.32 Å². The molecule has 0 fully saturated rings. The van der Waals surface area contributed by atoms with Gasteiger partial charge >= 0.3 is 0 Å². The minimum absolute atomic E-state index is 0.147. The van der Waals surface area contributed by atoms with Crippen molar-refractivity contribution in [2.75, 3.05) is 0 Å². The van der Waals surface area contributed by atoms with E-state index in [0.717, 1.165) is 22.3 Å². The zero-order chi connectivity index (χ0) is 25.6. The minimum Gasteiger partial charge on any atom is -0.350 e. The van der Waals surface area contributed by atoms with E-state index < -0.39 is 11.6 Å². The number of halogens is 2. The molecule has 1 atom stereocenters. The Morgan fingerprint density at radius 1 is 0.914 bits per heavy atom. The first-order valence-electron chi connectivity index (χ1n) is 11.7. The van der Waals surface area contributed by atoms with E-state index in [2.05, 4.69) is 5.32 Å². The number of nitrogens with one attached hydrogen (secondary N) is 1. The van der Waals surface area contributed by atoms with Crippen molar-refractivity contribution in [1.29, 1.82) is 0 Å². The second kappa shape index (κ2) is 11.7. The summed E-state index contributed by atoms with van der Waals surface area (Å²) in [5.41, 5.74) is 3.23. The van der Waals surface area contributed by atoms with Gasteiger partial charge in [-0.25, -0.2) is 0 Å². The van der Waals surface area contributed by atoms with Gasteiger partial charge in [-0.1, -0.05) is 89.4 Å². The van der Waals surface area contributed by atoms with Crippen LogP contribution in [0.1, 0.15) is 43.0 Å². The van der Waals surface area contributed by atoms with Crippen LogP contribution in [-0.2, 0) is 29.0 Å². The summed E-state index contributed by atoms with van der Waals surface area (Å²) in [4.78, 5) is 29.0. The van der Waals surface area contributed by atoms with Crippen LogP contribution in [0.4, 0.5) is 0 Å². The Kier molecular flexibility index (Phi) is 8.98.